The fourth-order valence-electron chi connectivity index (χ4n) is 1.27. The summed E-state index contributed by atoms with van der Waals surface area (Å²) in [5, 5.41) is 7.84. The van der Waals surface area contributed by atoms with Crippen LogP contribution in [0.15, 0.2) is 39.4 Å². The summed E-state index contributed by atoms with van der Waals surface area (Å²) in [6, 6.07) is 5.70. The third-order valence-corrected chi connectivity index (χ3v) is 4.34. The van der Waals surface area contributed by atoms with Crippen molar-refractivity contribution in [3.63, 3.8) is 0 Å². The Labute approximate surface area is 123 Å². The van der Waals surface area contributed by atoms with E-state index in [4.69, 9.17) is 4.55 Å². The van der Waals surface area contributed by atoms with Crippen LogP contribution in [0.4, 0.5) is 5.69 Å². The van der Waals surface area contributed by atoms with Gasteiger partial charge >= 0.3 is 10.4 Å². The van der Waals surface area contributed by atoms with Crippen molar-refractivity contribution in [2.24, 2.45) is 10.2 Å². The minimum absolute atomic E-state index is 0.00457. The number of hydrogen-bond donors (Lipinski definition) is 1. The van der Waals surface area contributed by atoms with Crippen molar-refractivity contribution in [2.45, 2.75) is 24.8 Å². The molecule has 21 heavy (non-hydrogen) atoms. The second kappa shape index (κ2) is 7.07. The average Bonchev–Trinajstić information content (AvgIpc) is 2.35. The van der Waals surface area contributed by atoms with Crippen molar-refractivity contribution in [2.75, 3.05) is 12.4 Å². The molecule has 8 nitrogen and oxygen atoms in total. The lowest BCUT2D eigenvalue weighted by molar-refractivity contribution is 0.284. The molecule has 10 heteroatoms. The Morgan fingerprint density at radius 2 is 1.71 bits per heavy atom. The van der Waals surface area contributed by atoms with Gasteiger partial charge in [0.25, 0.3) is 0 Å². The Kier molecular flexibility index (Phi) is 5.96. The number of hydrogen-bond acceptors (Lipinski definition) is 7. The lowest BCUT2D eigenvalue weighted by Crippen LogP contribution is -2.15. The number of sulfone groups is 1. The monoisotopic (exact) mass is 336 g/mol. The maximum atomic E-state index is 11.9. The molecule has 1 aromatic rings. The topological polar surface area (TPSA) is 122 Å². The SMILES string of the molecule is CC(C)N=Nc1ccc(S(=O)(=O)CCOS(=O)(=O)O)cc1. The fraction of sp³-hybridized carbons (Fsp3) is 0.455. The van der Waals surface area contributed by atoms with Gasteiger partial charge in [0.1, 0.15) is 0 Å². The molecule has 0 saturated carbocycles. The smallest absolute Gasteiger partial charge is 0.264 e. The Bertz CT molecular complexity index is 693. The zero-order valence-corrected chi connectivity index (χ0v) is 13.1. The van der Waals surface area contributed by atoms with Crippen LogP contribution in [0, 0.1) is 0 Å². The van der Waals surface area contributed by atoms with Crippen LogP contribution in [0.3, 0.4) is 0 Å². The zero-order chi connectivity index (χ0) is 16.1. The summed E-state index contributed by atoms with van der Waals surface area (Å²) in [6.45, 7) is 3.06. The van der Waals surface area contributed by atoms with Gasteiger partial charge in [-0.05, 0) is 38.1 Å². The van der Waals surface area contributed by atoms with Crippen molar-refractivity contribution in [3.05, 3.63) is 24.3 Å². The van der Waals surface area contributed by atoms with Crippen molar-refractivity contribution in [1.82, 2.24) is 0 Å². The fourth-order valence-corrected chi connectivity index (χ4v) is 2.76. The van der Waals surface area contributed by atoms with Crippen LogP contribution >= 0.6 is 0 Å². The highest BCUT2D eigenvalue weighted by Crippen LogP contribution is 2.18. The van der Waals surface area contributed by atoms with E-state index in [-0.39, 0.29) is 10.9 Å². The molecule has 0 aromatic heterocycles. The molecule has 0 bridgehead atoms. The molecule has 0 aliphatic rings. The van der Waals surface area contributed by atoms with Crippen molar-refractivity contribution in [1.29, 1.82) is 0 Å². The van der Waals surface area contributed by atoms with Crippen LogP contribution in [0.1, 0.15) is 13.8 Å². The van der Waals surface area contributed by atoms with Gasteiger partial charge in [0, 0.05) is 0 Å². The van der Waals surface area contributed by atoms with Gasteiger partial charge in [-0.1, -0.05) is 0 Å². The van der Waals surface area contributed by atoms with Crippen LogP contribution < -0.4 is 0 Å². The molecule has 0 unspecified atom stereocenters. The lowest BCUT2D eigenvalue weighted by atomic mass is 10.3. The van der Waals surface area contributed by atoms with E-state index >= 15 is 0 Å². The van der Waals surface area contributed by atoms with E-state index in [1.165, 1.54) is 24.3 Å². The molecule has 1 rings (SSSR count). The molecule has 0 radical (unpaired) electrons. The molecule has 0 atom stereocenters. The summed E-state index contributed by atoms with van der Waals surface area (Å²) in [6.07, 6.45) is 0. The summed E-state index contributed by atoms with van der Waals surface area (Å²) in [5.41, 5.74) is 0.511. The van der Waals surface area contributed by atoms with Gasteiger partial charge < -0.3 is 0 Å². The highest BCUT2D eigenvalue weighted by Gasteiger charge is 2.16. The van der Waals surface area contributed by atoms with E-state index in [0.717, 1.165) is 0 Å². The number of benzene rings is 1. The summed E-state index contributed by atoms with van der Waals surface area (Å²) in [4.78, 5) is 0.00457. The molecule has 118 valence electrons. The molecule has 0 aliphatic carbocycles. The molecule has 0 aliphatic heterocycles. The first-order valence-electron chi connectivity index (χ1n) is 5.96. The summed E-state index contributed by atoms with van der Waals surface area (Å²) >= 11 is 0. The second-order valence-electron chi connectivity index (χ2n) is 4.37. The molecule has 1 N–H and O–H groups in total. The standard InChI is InChI=1S/C11H16N2O6S2/c1-9(2)12-13-10-3-5-11(6-4-10)20(14,15)8-7-19-21(16,17)18/h3-6,9H,7-8H2,1-2H3,(H,16,17,18). The van der Waals surface area contributed by atoms with Crippen molar-refractivity contribution in [3.8, 4) is 0 Å². The quantitative estimate of drug-likeness (QED) is 0.598. The van der Waals surface area contributed by atoms with E-state index in [1.54, 1.807) is 0 Å². The van der Waals surface area contributed by atoms with Crippen LogP contribution in [-0.2, 0) is 24.4 Å². The van der Waals surface area contributed by atoms with Crippen LogP contribution in [-0.4, -0.2) is 39.8 Å². The largest absolute Gasteiger partial charge is 0.397 e. The van der Waals surface area contributed by atoms with Gasteiger partial charge in [-0.25, -0.2) is 12.6 Å². The molecule has 1 aromatic carbocycles. The lowest BCUT2D eigenvalue weighted by Gasteiger charge is -2.04. The van der Waals surface area contributed by atoms with Crippen LogP contribution in [0.25, 0.3) is 0 Å². The molecule has 0 saturated heterocycles. The molecule has 0 heterocycles. The normalized spacial score (nSPS) is 13.1. The van der Waals surface area contributed by atoms with Crippen LogP contribution in [0.2, 0.25) is 0 Å². The van der Waals surface area contributed by atoms with Crippen LogP contribution in [0.5, 0.6) is 0 Å². The molecular formula is C11H16N2O6S2. The van der Waals surface area contributed by atoms with E-state index < -0.39 is 32.6 Å². The maximum absolute atomic E-state index is 11.9. The Morgan fingerprint density at radius 3 is 2.19 bits per heavy atom. The van der Waals surface area contributed by atoms with Gasteiger partial charge in [-0.3, -0.25) is 4.55 Å². The maximum Gasteiger partial charge on any atom is 0.397 e. The Balaban J connectivity index is 2.76. The molecule has 0 fully saturated rings. The summed E-state index contributed by atoms with van der Waals surface area (Å²) in [5.74, 6) is -0.570. The number of nitrogens with zero attached hydrogens (tertiary/aromatic N) is 2. The van der Waals surface area contributed by atoms with E-state index in [9.17, 15) is 16.8 Å². The highest BCUT2D eigenvalue weighted by atomic mass is 32.3. The summed E-state index contributed by atoms with van der Waals surface area (Å²) < 4.78 is 56.8. The zero-order valence-electron chi connectivity index (χ0n) is 11.5. The Hall–Kier alpha value is -1.36. The first-order valence-corrected chi connectivity index (χ1v) is 8.97. The number of azo groups is 1. The highest BCUT2D eigenvalue weighted by molar-refractivity contribution is 7.91. The molecular weight excluding hydrogens is 320 g/mol. The molecule has 0 amide bonds. The summed E-state index contributed by atoms with van der Waals surface area (Å²) in [7, 11) is -8.35. The van der Waals surface area contributed by atoms with Gasteiger partial charge in [-0.2, -0.15) is 18.6 Å². The van der Waals surface area contributed by atoms with Gasteiger partial charge in [0.15, 0.2) is 9.84 Å². The third-order valence-electron chi connectivity index (χ3n) is 2.18. The Morgan fingerprint density at radius 1 is 1.14 bits per heavy atom. The van der Waals surface area contributed by atoms with E-state index in [1.807, 2.05) is 13.8 Å². The predicted molar refractivity (Wildman–Crippen MR) is 75.6 cm³/mol. The van der Waals surface area contributed by atoms with Gasteiger partial charge in [-0.15, -0.1) is 0 Å². The van der Waals surface area contributed by atoms with Gasteiger partial charge in [0.2, 0.25) is 0 Å². The minimum Gasteiger partial charge on any atom is -0.264 e. The predicted octanol–water partition coefficient (Wildman–Crippen LogP) is 1.77. The van der Waals surface area contributed by atoms with Crippen molar-refractivity contribution >= 4 is 25.9 Å². The molecule has 0 spiro atoms. The first kappa shape index (κ1) is 17.7. The number of rotatable bonds is 7. The third kappa shape index (κ3) is 6.76. The average molecular weight is 336 g/mol. The second-order valence-corrected chi connectivity index (χ2v) is 7.57. The van der Waals surface area contributed by atoms with E-state index in [2.05, 4.69) is 14.4 Å². The van der Waals surface area contributed by atoms with Crippen molar-refractivity contribution < 1.29 is 25.6 Å². The first-order chi connectivity index (χ1) is 9.60. The minimum atomic E-state index is -4.64. The van der Waals surface area contributed by atoms with E-state index in [0.29, 0.717) is 5.69 Å². The van der Waals surface area contributed by atoms with Gasteiger partial charge in [0.05, 0.1) is 29.0 Å².